The Kier molecular flexibility index (Phi) is 6.65. The van der Waals surface area contributed by atoms with E-state index in [1.807, 2.05) is 30.3 Å². The Morgan fingerprint density at radius 2 is 1.88 bits per heavy atom. The van der Waals surface area contributed by atoms with E-state index in [9.17, 15) is 14.4 Å². The molecule has 0 saturated heterocycles. The first-order valence-electron chi connectivity index (χ1n) is 7.58. The molecule has 7 heteroatoms. The van der Waals surface area contributed by atoms with Crippen molar-refractivity contribution in [1.82, 2.24) is 10.3 Å². The lowest BCUT2D eigenvalue weighted by Gasteiger charge is -2.16. The molecule has 1 aromatic carbocycles. The first-order chi connectivity index (χ1) is 12.0. The summed E-state index contributed by atoms with van der Waals surface area (Å²) in [7, 11) is 0. The van der Waals surface area contributed by atoms with Gasteiger partial charge in [0, 0.05) is 6.20 Å². The monoisotopic (exact) mass is 360 g/mol. The minimum absolute atomic E-state index is 0.176. The van der Waals surface area contributed by atoms with Gasteiger partial charge in [-0.1, -0.05) is 41.9 Å². The smallest absolute Gasteiger partial charge is 0.340 e. The van der Waals surface area contributed by atoms with Crippen LogP contribution in [0.4, 0.5) is 0 Å². The summed E-state index contributed by atoms with van der Waals surface area (Å²) >= 11 is 5.64. The standard InChI is InChI=1S/C18H17ClN2O4/c1-12(22)15(9-13-5-3-2-4-6-13)21-17(23)11-25-18(24)14-7-8-16(19)20-10-14/h2-8,10,15H,9,11H2,1H3,(H,21,23)/t15-/m1/s1. The third-order valence-electron chi connectivity index (χ3n) is 3.41. The van der Waals surface area contributed by atoms with Gasteiger partial charge in [0.05, 0.1) is 11.6 Å². The molecule has 1 amide bonds. The molecular formula is C18H17ClN2O4. The highest BCUT2D eigenvalue weighted by molar-refractivity contribution is 6.29. The number of amides is 1. The van der Waals surface area contributed by atoms with E-state index in [2.05, 4.69) is 10.3 Å². The van der Waals surface area contributed by atoms with Crippen molar-refractivity contribution in [3.05, 3.63) is 64.9 Å². The van der Waals surface area contributed by atoms with Crippen molar-refractivity contribution in [2.75, 3.05) is 6.61 Å². The molecule has 0 bridgehead atoms. The summed E-state index contributed by atoms with van der Waals surface area (Å²) in [5.41, 5.74) is 1.11. The SMILES string of the molecule is CC(=O)[C@@H](Cc1ccccc1)NC(=O)COC(=O)c1ccc(Cl)nc1. The van der Waals surface area contributed by atoms with E-state index in [0.717, 1.165) is 5.56 Å². The van der Waals surface area contributed by atoms with Crippen LogP contribution in [-0.2, 0) is 20.7 Å². The Balaban J connectivity index is 1.87. The summed E-state index contributed by atoms with van der Waals surface area (Å²) in [6, 6.07) is 11.5. The third kappa shape index (κ3) is 6.00. The quantitative estimate of drug-likeness (QED) is 0.604. The molecule has 0 fully saturated rings. The van der Waals surface area contributed by atoms with Crippen LogP contribution >= 0.6 is 11.6 Å². The largest absolute Gasteiger partial charge is 0.452 e. The average molecular weight is 361 g/mol. The Bertz CT molecular complexity index is 747. The van der Waals surface area contributed by atoms with Crippen LogP contribution in [0, 0.1) is 0 Å². The second-order valence-electron chi connectivity index (χ2n) is 5.37. The molecule has 0 aliphatic carbocycles. The third-order valence-corrected chi connectivity index (χ3v) is 3.63. The van der Waals surface area contributed by atoms with Gasteiger partial charge in [-0.3, -0.25) is 9.59 Å². The molecule has 0 saturated carbocycles. The Hall–Kier alpha value is -2.73. The van der Waals surface area contributed by atoms with E-state index in [1.54, 1.807) is 0 Å². The number of pyridine rings is 1. The van der Waals surface area contributed by atoms with Crippen LogP contribution in [0.25, 0.3) is 0 Å². The first kappa shape index (κ1) is 18.6. The maximum atomic E-state index is 12.0. The number of halogens is 1. The van der Waals surface area contributed by atoms with Crippen LogP contribution < -0.4 is 5.32 Å². The normalized spacial score (nSPS) is 11.4. The lowest BCUT2D eigenvalue weighted by Crippen LogP contribution is -2.43. The molecule has 2 aromatic rings. The highest BCUT2D eigenvalue weighted by atomic mass is 35.5. The summed E-state index contributed by atoms with van der Waals surface area (Å²) < 4.78 is 4.92. The second-order valence-corrected chi connectivity index (χ2v) is 5.75. The van der Waals surface area contributed by atoms with E-state index in [1.165, 1.54) is 25.3 Å². The van der Waals surface area contributed by atoms with Gasteiger partial charge in [-0.2, -0.15) is 0 Å². The van der Waals surface area contributed by atoms with Crippen LogP contribution in [-0.4, -0.2) is 35.3 Å². The highest BCUT2D eigenvalue weighted by Gasteiger charge is 2.19. The zero-order chi connectivity index (χ0) is 18.2. The minimum Gasteiger partial charge on any atom is -0.452 e. The van der Waals surface area contributed by atoms with Gasteiger partial charge in [-0.25, -0.2) is 9.78 Å². The molecule has 0 unspecified atom stereocenters. The van der Waals surface area contributed by atoms with Gasteiger partial charge < -0.3 is 10.1 Å². The summed E-state index contributed by atoms with van der Waals surface area (Å²) in [5, 5.41) is 2.83. The fraction of sp³-hybridized carbons (Fsp3) is 0.222. The number of Topliss-reactive ketones (excluding diaryl/α,β-unsaturated/α-hetero) is 1. The van der Waals surface area contributed by atoms with E-state index < -0.39 is 24.5 Å². The molecule has 130 valence electrons. The number of hydrogen-bond donors (Lipinski definition) is 1. The Morgan fingerprint density at radius 1 is 1.16 bits per heavy atom. The van der Waals surface area contributed by atoms with Crippen LogP contribution in [0.3, 0.4) is 0 Å². The van der Waals surface area contributed by atoms with E-state index in [0.29, 0.717) is 6.42 Å². The predicted molar refractivity (Wildman–Crippen MR) is 92.3 cm³/mol. The van der Waals surface area contributed by atoms with Crippen molar-refractivity contribution in [3.63, 3.8) is 0 Å². The van der Waals surface area contributed by atoms with Gasteiger partial charge in [0.2, 0.25) is 0 Å². The number of rotatable bonds is 7. The maximum absolute atomic E-state index is 12.0. The highest BCUT2D eigenvalue weighted by Crippen LogP contribution is 2.07. The molecule has 1 atom stereocenters. The van der Waals surface area contributed by atoms with Gasteiger partial charge in [0.15, 0.2) is 12.4 Å². The van der Waals surface area contributed by atoms with Crippen LogP contribution in [0.1, 0.15) is 22.8 Å². The number of carbonyl (C=O) groups excluding carboxylic acids is 3. The van der Waals surface area contributed by atoms with Gasteiger partial charge in [0.25, 0.3) is 5.91 Å². The predicted octanol–water partition coefficient (Wildman–Crippen LogP) is 2.21. The van der Waals surface area contributed by atoms with E-state index in [4.69, 9.17) is 16.3 Å². The van der Waals surface area contributed by atoms with Crippen molar-refractivity contribution in [2.24, 2.45) is 0 Å². The average Bonchev–Trinajstić information content (AvgIpc) is 2.60. The molecule has 0 aliphatic rings. The fourth-order valence-corrected chi connectivity index (χ4v) is 2.20. The molecule has 25 heavy (non-hydrogen) atoms. The van der Waals surface area contributed by atoms with Gasteiger partial charge >= 0.3 is 5.97 Å². The molecule has 2 rings (SSSR count). The lowest BCUT2D eigenvalue weighted by atomic mass is 10.0. The molecule has 0 radical (unpaired) electrons. The molecule has 1 heterocycles. The number of esters is 1. The summed E-state index contributed by atoms with van der Waals surface area (Å²) in [6.07, 6.45) is 1.63. The number of benzene rings is 1. The molecule has 6 nitrogen and oxygen atoms in total. The number of aromatic nitrogens is 1. The molecule has 1 N–H and O–H groups in total. The van der Waals surface area contributed by atoms with Crippen molar-refractivity contribution < 1.29 is 19.1 Å². The fourth-order valence-electron chi connectivity index (χ4n) is 2.09. The summed E-state index contributed by atoms with van der Waals surface area (Å²) in [5.74, 6) is -1.42. The summed E-state index contributed by atoms with van der Waals surface area (Å²) in [6.45, 7) is 0.916. The zero-order valence-electron chi connectivity index (χ0n) is 13.6. The zero-order valence-corrected chi connectivity index (χ0v) is 14.3. The second kappa shape index (κ2) is 8.94. The number of hydrogen-bond acceptors (Lipinski definition) is 5. The Morgan fingerprint density at radius 3 is 2.48 bits per heavy atom. The van der Waals surface area contributed by atoms with Crippen molar-refractivity contribution in [3.8, 4) is 0 Å². The number of carbonyl (C=O) groups is 3. The molecule has 0 spiro atoms. The number of ketones is 1. The van der Waals surface area contributed by atoms with Crippen LogP contribution in [0.5, 0.6) is 0 Å². The Labute approximate surface area is 150 Å². The van der Waals surface area contributed by atoms with Crippen molar-refractivity contribution in [1.29, 1.82) is 0 Å². The van der Waals surface area contributed by atoms with Crippen molar-refractivity contribution >= 4 is 29.3 Å². The molecule has 1 aromatic heterocycles. The van der Waals surface area contributed by atoms with Crippen LogP contribution in [0.2, 0.25) is 5.15 Å². The minimum atomic E-state index is -0.693. The molecular weight excluding hydrogens is 344 g/mol. The number of nitrogens with one attached hydrogen (secondary N) is 1. The van der Waals surface area contributed by atoms with E-state index >= 15 is 0 Å². The van der Waals surface area contributed by atoms with E-state index in [-0.39, 0.29) is 16.5 Å². The van der Waals surface area contributed by atoms with Crippen molar-refractivity contribution in [2.45, 2.75) is 19.4 Å². The summed E-state index contributed by atoms with van der Waals surface area (Å²) in [4.78, 5) is 39.3. The topological polar surface area (TPSA) is 85.4 Å². The van der Waals surface area contributed by atoms with Gasteiger partial charge in [-0.05, 0) is 31.0 Å². The first-order valence-corrected chi connectivity index (χ1v) is 7.96. The van der Waals surface area contributed by atoms with Crippen LogP contribution in [0.15, 0.2) is 48.7 Å². The van der Waals surface area contributed by atoms with Gasteiger partial charge in [0.1, 0.15) is 5.15 Å². The lowest BCUT2D eigenvalue weighted by molar-refractivity contribution is -0.128. The maximum Gasteiger partial charge on any atom is 0.340 e. The van der Waals surface area contributed by atoms with Gasteiger partial charge in [-0.15, -0.1) is 0 Å². The molecule has 0 aliphatic heterocycles. The number of ether oxygens (including phenoxy) is 1. The number of nitrogens with zero attached hydrogens (tertiary/aromatic N) is 1.